The van der Waals surface area contributed by atoms with Crippen LogP contribution in [0.3, 0.4) is 0 Å². The van der Waals surface area contributed by atoms with E-state index in [0.717, 1.165) is 12.8 Å². The zero-order valence-electron chi connectivity index (χ0n) is 14.1. The number of carbonyl (C=O) groups excluding carboxylic acids is 1. The summed E-state index contributed by atoms with van der Waals surface area (Å²) in [5.74, 6) is 0.264. The molecule has 0 saturated heterocycles. The maximum Gasteiger partial charge on any atom is 0.132 e. The lowest BCUT2D eigenvalue weighted by atomic mass is 10.0. The largest absolute Gasteiger partial charge is 0.508 e. The highest BCUT2D eigenvalue weighted by atomic mass is 16.3. The van der Waals surface area contributed by atoms with Gasteiger partial charge in [-0.3, -0.25) is 4.79 Å². The molecule has 3 N–H and O–H groups in total. The Bertz CT molecular complexity index is 450. The Hall–Kier alpha value is -1.55. The standard InChI is InChI=1S/C19H30O4/c1-2-3-4-5-6-8-16(20)9-7-10-17(21)11-15-12-18(22)14-19(23)13-15/h12-14,17,21-23H,2-11H2,1H3/t17-/m1/s1. The van der Waals surface area contributed by atoms with Gasteiger partial charge in [0, 0.05) is 18.9 Å². The van der Waals surface area contributed by atoms with E-state index in [2.05, 4.69) is 6.92 Å². The van der Waals surface area contributed by atoms with Crippen LogP contribution in [0.4, 0.5) is 0 Å². The molecule has 0 spiro atoms. The van der Waals surface area contributed by atoms with Crippen LogP contribution < -0.4 is 0 Å². The van der Waals surface area contributed by atoms with Crippen molar-refractivity contribution in [2.75, 3.05) is 0 Å². The first-order chi connectivity index (χ1) is 11.0. The predicted molar refractivity (Wildman–Crippen MR) is 91.7 cm³/mol. The van der Waals surface area contributed by atoms with Crippen molar-refractivity contribution >= 4 is 5.78 Å². The van der Waals surface area contributed by atoms with Crippen LogP contribution in [0.25, 0.3) is 0 Å². The van der Waals surface area contributed by atoms with Gasteiger partial charge in [-0.1, -0.05) is 32.6 Å². The van der Waals surface area contributed by atoms with E-state index in [4.69, 9.17) is 0 Å². The van der Waals surface area contributed by atoms with E-state index >= 15 is 0 Å². The number of Topliss-reactive ketones (excluding diaryl/α,β-unsaturated/α-hetero) is 1. The fraction of sp³-hybridized carbons (Fsp3) is 0.632. The van der Waals surface area contributed by atoms with Crippen LogP contribution in [0.2, 0.25) is 0 Å². The monoisotopic (exact) mass is 322 g/mol. The van der Waals surface area contributed by atoms with Gasteiger partial charge in [-0.15, -0.1) is 0 Å². The molecule has 0 amide bonds. The summed E-state index contributed by atoms with van der Waals surface area (Å²) in [6, 6.07) is 4.32. The van der Waals surface area contributed by atoms with Crippen molar-refractivity contribution in [3.05, 3.63) is 23.8 Å². The first-order valence-electron chi connectivity index (χ1n) is 8.73. The van der Waals surface area contributed by atoms with Gasteiger partial charge in [0.15, 0.2) is 0 Å². The van der Waals surface area contributed by atoms with Crippen LogP contribution in [0.5, 0.6) is 11.5 Å². The Balaban J connectivity index is 2.15. The molecule has 0 fully saturated rings. The van der Waals surface area contributed by atoms with Gasteiger partial charge in [0.2, 0.25) is 0 Å². The van der Waals surface area contributed by atoms with Crippen molar-refractivity contribution in [1.82, 2.24) is 0 Å². The molecule has 0 radical (unpaired) electrons. The molecule has 1 aromatic rings. The quantitative estimate of drug-likeness (QED) is 0.506. The van der Waals surface area contributed by atoms with Crippen LogP contribution in [0.15, 0.2) is 18.2 Å². The van der Waals surface area contributed by atoms with Crippen LogP contribution >= 0.6 is 0 Å². The van der Waals surface area contributed by atoms with Crippen molar-refractivity contribution < 1.29 is 20.1 Å². The summed E-state index contributed by atoms with van der Waals surface area (Å²) in [5, 5.41) is 28.8. The molecular weight excluding hydrogens is 292 g/mol. The lowest BCUT2D eigenvalue weighted by molar-refractivity contribution is -0.119. The van der Waals surface area contributed by atoms with Crippen molar-refractivity contribution in [3.63, 3.8) is 0 Å². The summed E-state index contributed by atoms with van der Waals surface area (Å²) < 4.78 is 0. The molecule has 0 saturated carbocycles. The van der Waals surface area contributed by atoms with Crippen LogP contribution in [0.1, 0.15) is 70.3 Å². The minimum absolute atomic E-state index is 0.00884. The van der Waals surface area contributed by atoms with E-state index in [1.807, 2.05) is 0 Å². The Morgan fingerprint density at radius 2 is 1.57 bits per heavy atom. The number of aliphatic hydroxyl groups excluding tert-OH is 1. The number of hydrogen-bond donors (Lipinski definition) is 3. The van der Waals surface area contributed by atoms with Crippen molar-refractivity contribution in [2.24, 2.45) is 0 Å². The van der Waals surface area contributed by atoms with Gasteiger partial charge in [-0.2, -0.15) is 0 Å². The highest BCUT2D eigenvalue weighted by Gasteiger charge is 2.09. The first kappa shape index (κ1) is 19.5. The Labute approximate surface area is 139 Å². The Kier molecular flexibility index (Phi) is 9.37. The van der Waals surface area contributed by atoms with Gasteiger partial charge >= 0.3 is 0 Å². The minimum atomic E-state index is -0.562. The molecule has 0 aromatic heterocycles. The van der Waals surface area contributed by atoms with Crippen molar-refractivity contribution in [2.45, 2.75) is 77.2 Å². The molecule has 0 heterocycles. The second-order valence-corrected chi connectivity index (χ2v) is 6.31. The summed E-state index contributed by atoms with van der Waals surface area (Å²) in [4.78, 5) is 11.8. The van der Waals surface area contributed by atoms with E-state index in [9.17, 15) is 20.1 Å². The fourth-order valence-corrected chi connectivity index (χ4v) is 2.73. The van der Waals surface area contributed by atoms with E-state index in [1.54, 1.807) is 0 Å². The van der Waals surface area contributed by atoms with Crippen molar-refractivity contribution in [1.29, 1.82) is 0 Å². The van der Waals surface area contributed by atoms with E-state index in [-0.39, 0.29) is 17.3 Å². The topological polar surface area (TPSA) is 77.8 Å². The van der Waals surface area contributed by atoms with Crippen LogP contribution in [-0.2, 0) is 11.2 Å². The number of unbranched alkanes of at least 4 members (excludes halogenated alkanes) is 4. The molecule has 0 aliphatic heterocycles. The number of ketones is 1. The highest BCUT2D eigenvalue weighted by Crippen LogP contribution is 2.22. The third kappa shape index (κ3) is 9.24. The summed E-state index contributed by atoms with van der Waals surface area (Å²) in [6.07, 6.45) is 7.98. The Morgan fingerprint density at radius 3 is 2.22 bits per heavy atom. The molecule has 1 atom stereocenters. The molecular formula is C19H30O4. The first-order valence-corrected chi connectivity index (χ1v) is 8.73. The summed E-state index contributed by atoms with van der Waals surface area (Å²) in [5.41, 5.74) is 0.692. The fourth-order valence-electron chi connectivity index (χ4n) is 2.73. The Morgan fingerprint density at radius 1 is 0.957 bits per heavy atom. The molecule has 23 heavy (non-hydrogen) atoms. The lowest BCUT2D eigenvalue weighted by Gasteiger charge is -2.11. The van der Waals surface area contributed by atoms with Gasteiger partial charge in [0.25, 0.3) is 0 Å². The second-order valence-electron chi connectivity index (χ2n) is 6.31. The number of phenolic OH excluding ortho intramolecular Hbond substituents is 2. The average Bonchev–Trinajstić information content (AvgIpc) is 2.45. The van der Waals surface area contributed by atoms with Gasteiger partial charge in [-0.25, -0.2) is 0 Å². The number of hydrogen-bond acceptors (Lipinski definition) is 4. The van der Waals surface area contributed by atoms with Crippen LogP contribution in [0, 0.1) is 0 Å². The molecule has 0 unspecified atom stereocenters. The molecule has 0 aliphatic carbocycles. The molecule has 4 nitrogen and oxygen atoms in total. The van der Waals surface area contributed by atoms with E-state index in [0.29, 0.717) is 37.7 Å². The van der Waals surface area contributed by atoms with Gasteiger partial charge in [0.05, 0.1) is 6.10 Å². The van der Waals surface area contributed by atoms with Crippen molar-refractivity contribution in [3.8, 4) is 11.5 Å². The van der Waals surface area contributed by atoms with Crippen LogP contribution in [-0.4, -0.2) is 27.2 Å². The zero-order valence-corrected chi connectivity index (χ0v) is 14.1. The summed E-state index contributed by atoms with van der Waals surface area (Å²) in [6.45, 7) is 2.18. The second kappa shape index (κ2) is 11.1. The summed E-state index contributed by atoms with van der Waals surface area (Å²) in [7, 11) is 0. The maximum atomic E-state index is 11.8. The van der Waals surface area contributed by atoms with Gasteiger partial charge in [0.1, 0.15) is 17.3 Å². The van der Waals surface area contributed by atoms with E-state index in [1.165, 1.54) is 37.5 Å². The zero-order chi connectivity index (χ0) is 17.1. The molecule has 4 heteroatoms. The molecule has 0 aliphatic rings. The SMILES string of the molecule is CCCCCCCC(=O)CCC[C@@H](O)Cc1cc(O)cc(O)c1. The molecule has 130 valence electrons. The third-order valence-electron chi connectivity index (χ3n) is 3.99. The summed E-state index contributed by atoms with van der Waals surface area (Å²) >= 11 is 0. The third-order valence-corrected chi connectivity index (χ3v) is 3.99. The molecule has 0 bridgehead atoms. The molecule has 1 rings (SSSR count). The highest BCUT2D eigenvalue weighted by molar-refractivity contribution is 5.78. The number of benzene rings is 1. The number of aliphatic hydroxyl groups is 1. The minimum Gasteiger partial charge on any atom is -0.508 e. The number of rotatable bonds is 12. The number of phenols is 2. The number of aromatic hydroxyl groups is 2. The predicted octanol–water partition coefficient (Wildman–Crippen LogP) is 4.10. The smallest absolute Gasteiger partial charge is 0.132 e. The number of carbonyl (C=O) groups is 1. The van der Waals surface area contributed by atoms with Gasteiger partial charge in [-0.05, 0) is 43.4 Å². The normalized spacial score (nSPS) is 12.3. The molecule has 1 aromatic carbocycles. The lowest BCUT2D eigenvalue weighted by Crippen LogP contribution is -2.11. The maximum absolute atomic E-state index is 11.8. The van der Waals surface area contributed by atoms with Gasteiger partial charge < -0.3 is 15.3 Å². The average molecular weight is 322 g/mol. The van der Waals surface area contributed by atoms with E-state index < -0.39 is 6.10 Å².